The van der Waals surface area contributed by atoms with E-state index in [1.165, 1.54) is 0 Å². The van der Waals surface area contributed by atoms with Crippen LogP contribution in [0.5, 0.6) is 0 Å². The van der Waals surface area contributed by atoms with Gasteiger partial charge in [0.2, 0.25) is 5.91 Å². The molecular formula is C17H24N4O2. The van der Waals surface area contributed by atoms with E-state index in [1.807, 2.05) is 43.3 Å². The summed E-state index contributed by atoms with van der Waals surface area (Å²) in [7, 11) is 0. The number of carbonyl (C=O) groups is 1. The highest BCUT2D eigenvalue weighted by molar-refractivity contribution is 5.77. The summed E-state index contributed by atoms with van der Waals surface area (Å²) in [5.41, 5.74) is 4.07. The number of hydrogen-bond donors (Lipinski definition) is 0. The van der Waals surface area contributed by atoms with E-state index in [9.17, 15) is 4.79 Å². The zero-order valence-electron chi connectivity index (χ0n) is 14.3. The van der Waals surface area contributed by atoms with E-state index in [-0.39, 0.29) is 11.9 Å². The lowest BCUT2D eigenvalue weighted by atomic mass is 10.0. The third-order valence-electron chi connectivity index (χ3n) is 4.64. The number of aryl methyl sites for hydroxylation is 5. The summed E-state index contributed by atoms with van der Waals surface area (Å²) in [6, 6.07) is 2.14. The number of rotatable bonds is 4. The van der Waals surface area contributed by atoms with E-state index >= 15 is 0 Å². The highest BCUT2D eigenvalue weighted by atomic mass is 16.5. The molecule has 3 heterocycles. The minimum Gasteiger partial charge on any atom is -0.361 e. The van der Waals surface area contributed by atoms with Gasteiger partial charge in [0.05, 0.1) is 17.4 Å². The molecule has 124 valence electrons. The van der Waals surface area contributed by atoms with Crippen LogP contribution in [0, 0.1) is 27.7 Å². The van der Waals surface area contributed by atoms with Crippen molar-refractivity contribution in [3.63, 3.8) is 0 Å². The van der Waals surface area contributed by atoms with E-state index in [2.05, 4.69) is 10.3 Å². The Morgan fingerprint density at radius 2 is 2.13 bits per heavy atom. The van der Waals surface area contributed by atoms with Gasteiger partial charge in [-0.2, -0.15) is 5.10 Å². The van der Waals surface area contributed by atoms with Crippen LogP contribution in [0.15, 0.2) is 10.6 Å². The van der Waals surface area contributed by atoms with Crippen LogP contribution in [-0.2, 0) is 11.3 Å². The molecule has 0 N–H and O–H groups in total. The minimum atomic E-state index is 0.106. The third-order valence-corrected chi connectivity index (χ3v) is 4.64. The number of amides is 1. The molecule has 6 nitrogen and oxygen atoms in total. The predicted octanol–water partition coefficient (Wildman–Crippen LogP) is 2.86. The SMILES string of the molecule is Cc1cc(C)n(CCC(=O)N2CCC[C@H]2c2c(C)noc2C)n1. The summed E-state index contributed by atoms with van der Waals surface area (Å²) in [6.07, 6.45) is 2.48. The fraction of sp³-hybridized carbons (Fsp3) is 0.588. The van der Waals surface area contributed by atoms with Crippen molar-refractivity contribution in [3.8, 4) is 0 Å². The zero-order chi connectivity index (χ0) is 16.6. The van der Waals surface area contributed by atoms with E-state index in [0.29, 0.717) is 13.0 Å². The Hall–Kier alpha value is -2.11. The smallest absolute Gasteiger partial charge is 0.224 e. The highest BCUT2D eigenvalue weighted by Gasteiger charge is 2.33. The molecule has 0 unspecified atom stereocenters. The van der Waals surface area contributed by atoms with Crippen molar-refractivity contribution < 1.29 is 9.32 Å². The normalized spacial score (nSPS) is 17.9. The number of hydrogen-bond acceptors (Lipinski definition) is 4. The molecule has 0 bridgehead atoms. The van der Waals surface area contributed by atoms with Crippen molar-refractivity contribution in [3.05, 3.63) is 34.5 Å². The maximum Gasteiger partial charge on any atom is 0.224 e. The van der Waals surface area contributed by atoms with E-state index in [4.69, 9.17) is 4.52 Å². The van der Waals surface area contributed by atoms with Gasteiger partial charge >= 0.3 is 0 Å². The first-order valence-electron chi connectivity index (χ1n) is 8.20. The Bertz CT molecular complexity index is 697. The standard InChI is InChI=1S/C17H24N4O2/c1-11-10-12(2)21(18-11)9-7-16(22)20-8-5-6-15(20)17-13(3)19-23-14(17)4/h10,15H,5-9H2,1-4H3/t15-/m0/s1. The molecule has 1 atom stereocenters. The molecule has 1 aliphatic rings. The van der Waals surface area contributed by atoms with Crippen LogP contribution in [0.2, 0.25) is 0 Å². The van der Waals surface area contributed by atoms with Crippen LogP contribution < -0.4 is 0 Å². The van der Waals surface area contributed by atoms with Crippen molar-refractivity contribution in [1.29, 1.82) is 0 Å². The van der Waals surface area contributed by atoms with E-state index in [0.717, 1.165) is 47.8 Å². The second-order valence-electron chi connectivity index (χ2n) is 6.38. The van der Waals surface area contributed by atoms with Crippen LogP contribution in [0.25, 0.3) is 0 Å². The largest absolute Gasteiger partial charge is 0.361 e. The molecule has 2 aromatic heterocycles. The van der Waals surface area contributed by atoms with Gasteiger partial charge in [-0.15, -0.1) is 0 Å². The monoisotopic (exact) mass is 316 g/mol. The average Bonchev–Trinajstić information content (AvgIpc) is 3.17. The fourth-order valence-electron chi connectivity index (χ4n) is 3.58. The van der Waals surface area contributed by atoms with Gasteiger partial charge in [0, 0.05) is 30.8 Å². The average molecular weight is 316 g/mol. The molecule has 0 saturated carbocycles. The molecule has 6 heteroatoms. The Balaban J connectivity index is 1.70. The van der Waals surface area contributed by atoms with E-state index < -0.39 is 0 Å². The lowest BCUT2D eigenvalue weighted by molar-refractivity contribution is -0.132. The third kappa shape index (κ3) is 3.02. The van der Waals surface area contributed by atoms with Gasteiger partial charge < -0.3 is 9.42 Å². The lowest BCUT2D eigenvalue weighted by Gasteiger charge is -2.25. The topological polar surface area (TPSA) is 64.2 Å². The van der Waals surface area contributed by atoms with Gasteiger partial charge in [0.15, 0.2) is 0 Å². The molecule has 3 rings (SSSR count). The molecule has 1 fully saturated rings. The Labute approximate surface area is 136 Å². The first kappa shape index (κ1) is 15.8. The first-order chi connectivity index (χ1) is 11.0. The van der Waals surface area contributed by atoms with Crippen molar-refractivity contribution >= 4 is 5.91 Å². The number of aromatic nitrogens is 3. The summed E-state index contributed by atoms with van der Waals surface area (Å²) in [6.45, 7) is 9.30. The first-order valence-corrected chi connectivity index (χ1v) is 8.20. The Morgan fingerprint density at radius 3 is 2.74 bits per heavy atom. The molecule has 0 aliphatic carbocycles. The second-order valence-corrected chi connectivity index (χ2v) is 6.38. The van der Waals surface area contributed by atoms with Gasteiger partial charge in [0.1, 0.15) is 5.76 Å². The minimum absolute atomic E-state index is 0.106. The van der Waals surface area contributed by atoms with Crippen LogP contribution in [0.3, 0.4) is 0 Å². The quantitative estimate of drug-likeness (QED) is 0.870. The summed E-state index contributed by atoms with van der Waals surface area (Å²) < 4.78 is 7.19. The van der Waals surface area contributed by atoms with Gasteiger partial charge in [-0.05, 0) is 46.6 Å². The second kappa shape index (κ2) is 6.18. The zero-order valence-corrected chi connectivity index (χ0v) is 14.3. The molecule has 1 aliphatic heterocycles. The molecule has 0 aromatic carbocycles. The molecule has 2 aromatic rings. The molecule has 0 radical (unpaired) electrons. The maximum atomic E-state index is 12.7. The molecular weight excluding hydrogens is 292 g/mol. The highest BCUT2D eigenvalue weighted by Crippen LogP contribution is 2.35. The van der Waals surface area contributed by atoms with Gasteiger partial charge in [-0.1, -0.05) is 5.16 Å². The van der Waals surface area contributed by atoms with Crippen molar-refractivity contribution in [2.45, 2.75) is 59.5 Å². The van der Waals surface area contributed by atoms with Crippen LogP contribution >= 0.6 is 0 Å². The molecule has 1 amide bonds. The van der Waals surface area contributed by atoms with Crippen LogP contribution in [0.4, 0.5) is 0 Å². The summed E-state index contributed by atoms with van der Waals surface area (Å²) >= 11 is 0. The predicted molar refractivity (Wildman–Crippen MR) is 86.0 cm³/mol. The van der Waals surface area contributed by atoms with E-state index in [1.54, 1.807) is 0 Å². The van der Waals surface area contributed by atoms with Gasteiger partial charge in [-0.3, -0.25) is 9.48 Å². The van der Waals surface area contributed by atoms with Crippen LogP contribution in [-0.4, -0.2) is 32.3 Å². The number of likely N-dealkylation sites (tertiary alicyclic amines) is 1. The summed E-state index contributed by atoms with van der Waals surface area (Å²) in [5, 5.41) is 8.46. The summed E-state index contributed by atoms with van der Waals surface area (Å²) in [5.74, 6) is 1.01. The van der Waals surface area contributed by atoms with Crippen molar-refractivity contribution in [2.75, 3.05) is 6.54 Å². The molecule has 23 heavy (non-hydrogen) atoms. The molecule has 1 saturated heterocycles. The molecule has 0 spiro atoms. The van der Waals surface area contributed by atoms with Crippen molar-refractivity contribution in [2.24, 2.45) is 0 Å². The lowest BCUT2D eigenvalue weighted by Crippen LogP contribution is -2.31. The van der Waals surface area contributed by atoms with Crippen molar-refractivity contribution in [1.82, 2.24) is 19.8 Å². The maximum absolute atomic E-state index is 12.7. The van der Waals surface area contributed by atoms with Gasteiger partial charge in [-0.25, -0.2) is 0 Å². The number of nitrogens with zero attached hydrogens (tertiary/aromatic N) is 4. The number of carbonyl (C=O) groups excluding carboxylic acids is 1. The fourth-order valence-corrected chi connectivity index (χ4v) is 3.58. The Morgan fingerprint density at radius 1 is 1.35 bits per heavy atom. The Kier molecular flexibility index (Phi) is 4.24. The summed E-state index contributed by atoms with van der Waals surface area (Å²) in [4.78, 5) is 14.7. The van der Waals surface area contributed by atoms with Crippen LogP contribution in [0.1, 0.15) is 53.7 Å². The van der Waals surface area contributed by atoms with Gasteiger partial charge in [0.25, 0.3) is 0 Å².